The van der Waals surface area contributed by atoms with Crippen molar-refractivity contribution in [1.29, 1.82) is 5.26 Å². The van der Waals surface area contributed by atoms with Crippen LogP contribution in [-0.2, 0) is 29.3 Å². The fourth-order valence-corrected chi connectivity index (χ4v) is 4.68. The number of unbranched alkanes of at least 4 members (excludes halogenated alkanes) is 1. The molecule has 0 aliphatic rings. The standard InChI is InChI=1S/C27H29N5O2S/c1-4-5-7-19-9-11-20(12-10-19)25-16-24-23(22(17-28)18-30-26(24)31-25)14-13-21-8-6-15-29-27(21)32(2)35(3,33)34/h6,8-12,15-16,18H,4-5,7,13-14H2,1-3H3,(H,30,31). The van der Waals surface area contributed by atoms with Crippen LogP contribution in [0.4, 0.5) is 5.82 Å². The van der Waals surface area contributed by atoms with Gasteiger partial charge in [-0.25, -0.2) is 18.4 Å². The summed E-state index contributed by atoms with van der Waals surface area (Å²) in [5.74, 6) is 0.400. The summed E-state index contributed by atoms with van der Waals surface area (Å²) in [6.07, 6.45) is 8.83. The number of anilines is 1. The summed E-state index contributed by atoms with van der Waals surface area (Å²) in [5, 5.41) is 10.6. The smallest absolute Gasteiger partial charge is 0.233 e. The molecule has 0 spiro atoms. The van der Waals surface area contributed by atoms with Crippen molar-refractivity contribution in [3.8, 4) is 17.3 Å². The number of nitrogens with one attached hydrogen (secondary N) is 1. The molecule has 0 aliphatic heterocycles. The van der Waals surface area contributed by atoms with Crippen molar-refractivity contribution in [2.24, 2.45) is 0 Å². The number of nitrogens with zero attached hydrogens (tertiary/aromatic N) is 4. The molecule has 3 heterocycles. The molecule has 35 heavy (non-hydrogen) atoms. The van der Waals surface area contributed by atoms with Crippen molar-refractivity contribution in [1.82, 2.24) is 15.0 Å². The number of pyridine rings is 2. The van der Waals surface area contributed by atoms with Gasteiger partial charge in [-0.3, -0.25) is 4.31 Å². The Kier molecular flexibility index (Phi) is 7.17. The van der Waals surface area contributed by atoms with E-state index in [-0.39, 0.29) is 0 Å². The Morgan fingerprint density at radius 3 is 2.54 bits per heavy atom. The number of aryl methyl sites for hydroxylation is 3. The van der Waals surface area contributed by atoms with Gasteiger partial charge in [0.05, 0.1) is 11.8 Å². The van der Waals surface area contributed by atoms with E-state index in [2.05, 4.69) is 52.2 Å². The maximum absolute atomic E-state index is 12.1. The molecule has 1 N–H and O–H groups in total. The highest BCUT2D eigenvalue weighted by Crippen LogP contribution is 2.29. The largest absolute Gasteiger partial charge is 0.339 e. The average Bonchev–Trinajstić information content (AvgIpc) is 3.30. The Bertz CT molecular complexity index is 1480. The maximum Gasteiger partial charge on any atom is 0.233 e. The van der Waals surface area contributed by atoms with Gasteiger partial charge >= 0.3 is 0 Å². The molecule has 8 heteroatoms. The predicted octanol–water partition coefficient (Wildman–Crippen LogP) is 5.02. The lowest BCUT2D eigenvalue weighted by molar-refractivity contribution is 0.599. The van der Waals surface area contributed by atoms with Crippen LogP contribution in [0.15, 0.2) is 54.9 Å². The Morgan fingerprint density at radius 1 is 1.09 bits per heavy atom. The summed E-state index contributed by atoms with van der Waals surface area (Å²) in [4.78, 5) is 12.2. The summed E-state index contributed by atoms with van der Waals surface area (Å²) in [6, 6.07) is 16.5. The number of hydrogen-bond donors (Lipinski definition) is 1. The summed E-state index contributed by atoms with van der Waals surface area (Å²) >= 11 is 0. The highest BCUT2D eigenvalue weighted by atomic mass is 32.2. The Morgan fingerprint density at radius 2 is 1.86 bits per heavy atom. The molecule has 0 amide bonds. The van der Waals surface area contributed by atoms with Gasteiger partial charge < -0.3 is 4.98 Å². The van der Waals surface area contributed by atoms with E-state index in [1.807, 2.05) is 12.1 Å². The van der Waals surface area contributed by atoms with Crippen LogP contribution in [0, 0.1) is 11.3 Å². The van der Waals surface area contributed by atoms with Crippen LogP contribution in [0.5, 0.6) is 0 Å². The fourth-order valence-electron chi connectivity index (χ4n) is 4.21. The molecule has 0 atom stereocenters. The third-order valence-corrected chi connectivity index (χ3v) is 7.45. The number of nitriles is 1. The van der Waals surface area contributed by atoms with E-state index in [1.165, 1.54) is 29.8 Å². The number of sulfonamides is 1. The molecule has 7 nitrogen and oxygen atoms in total. The van der Waals surface area contributed by atoms with Crippen molar-refractivity contribution in [3.63, 3.8) is 0 Å². The average molecular weight is 488 g/mol. The summed E-state index contributed by atoms with van der Waals surface area (Å²) < 4.78 is 25.3. The first kappa shape index (κ1) is 24.4. The zero-order valence-electron chi connectivity index (χ0n) is 20.2. The third-order valence-electron chi connectivity index (χ3n) is 6.28. The molecular formula is C27H29N5O2S. The van der Waals surface area contributed by atoms with Crippen LogP contribution in [0.3, 0.4) is 0 Å². The van der Waals surface area contributed by atoms with Gasteiger partial charge in [-0.2, -0.15) is 5.26 Å². The number of hydrogen-bond acceptors (Lipinski definition) is 5. The molecule has 0 bridgehead atoms. The van der Waals surface area contributed by atoms with Crippen LogP contribution in [0.1, 0.15) is 42.0 Å². The molecule has 0 saturated carbocycles. The first-order valence-corrected chi connectivity index (χ1v) is 13.5. The SMILES string of the molecule is CCCCc1ccc(-c2cc3c(CCc4cccnc4N(C)S(C)(=O)=O)c(C#N)cnc3[nH]2)cc1. The van der Waals surface area contributed by atoms with Crippen molar-refractivity contribution in [2.75, 3.05) is 17.6 Å². The van der Waals surface area contributed by atoms with E-state index < -0.39 is 10.0 Å². The number of benzene rings is 1. The fraction of sp³-hybridized carbons (Fsp3) is 0.296. The zero-order chi connectivity index (χ0) is 25.0. The van der Waals surface area contributed by atoms with Crippen LogP contribution in [0.2, 0.25) is 0 Å². The van der Waals surface area contributed by atoms with Crippen molar-refractivity contribution in [2.45, 2.75) is 39.0 Å². The van der Waals surface area contributed by atoms with Crippen molar-refractivity contribution >= 4 is 26.9 Å². The number of fused-ring (bicyclic) bond motifs is 1. The van der Waals surface area contributed by atoms with Gasteiger partial charge in [-0.05, 0) is 60.1 Å². The Labute approximate surface area is 206 Å². The second-order valence-corrected chi connectivity index (χ2v) is 10.7. The van der Waals surface area contributed by atoms with Crippen LogP contribution >= 0.6 is 0 Å². The minimum absolute atomic E-state index is 0.400. The summed E-state index contributed by atoms with van der Waals surface area (Å²) in [5.41, 5.74) is 6.26. The number of rotatable bonds is 9. The summed E-state index contributed by atoms with van der Waals surface area (Å²) in [6.45, 7) is 2.19. The highest BCUT2D eigenvalue weighted by Gasteiger charge is 2.18. The molecule has 1 aromatic carbocycles. The highest BCUT2D eigenvalue weighted by molar-refractivity contribution is 7.92. The van der Waals surface area contributed by atoms with Gasteiger partial charge in [-0.1, -0.05) is 43.7 Å². The molecule has 0 radical (unpaired) electrons. The van der Waals surface area contributed by atoms with Crippen LogP contribution in [0.25, 0.3) is 22.3 Å². The number of aromatic nitrogens is 3. The van der Waals surface area contributed by atoms with Crippen molar-refractivity contribution in [3.05, 3.63) is 77.1 Å². The minimum Gasteiger partial charge on any atom is -0.339 e. The second kappa shape index (κ2) is 10.3. The second-order valence-electron chi connectivity index (χ2n) is 8.72. The molecule has 180 valence electrons. The van der Waals surface area contributed by atoms with E-state index in [0.717, 1.165) is 46.1 Å². The van der Waals surface area contributed by atoms with E-state index in [9.17, 15) is 13.7 Å². The first-order chi connectivity index (χ1) is 16.8. The van der Waals surface area contributed by atoms with Crippen LogP contribution < -0.4 is 4.31 Å². The first-order valence-electron chi connectivity index (χ1n) is 11.7. The van der Waals surface area contributed by atoms with Gasteiger partial charge in [0.2, 0.25) is 10.0 Å². The third kappa shape index (κ3) is 5.36. The van der Waals surface area contributed by atoms with E-state index in [4.69, 9.17) is 0 Å². The molecule has 0 saturated heterocycles. The molecule has 0 fully saturated rings. The molecule has 0 unspecified atom stereocenters. The van der Waals surface area contributed by atoms with E-state index in [1.54, 1.807) is 18.5 Å². The topological polar surface area (TPSA) is 103 Å². The quantitative estimate of drug-likeness (QED) is 0.357. The minimum atomic E-state index is -3.44. The maximum atomic E-state index is 12.1. The van der Waals surface area contributed by atoms with E-state index in [0.29, 0.717) is 24.2 Å². The van der Waals surface area contributed by atoms with Gasteiger partial charge in [0.25, 0.3) is 0 Å². The van der Waals surface area contributed by atoms with Crippen LogP contribution in [-0.4, -0.2) is 36.7 Å². The van der Waals surface area contributed by atoms with Gasteiger partial charge in [0.15, 0.2) is 0 Å². The molecule has 4 rings (SSSR count). The van der Waals surface area contributed by atoms with Gasteiger partial charge in [0.1, 0.15) is 17.5 Å². The Hall–Kier alpha value is -3.70. The normalized spacial score (nSPS) is 11.5. The number of H-pyrrole nitrogens is 1. The molecular weight excluding hydrogens is 458 g/mol. The lowest BCUT2D eigenvalue weighted by Crippen LogP contribution is -2.27. The molecule has 3 aromatic heterocycles. The monoisotopic (exact) mass is 487 g/mol. The number of aromatic amines is 1. The van der Waals surface area contributed by atoms with Crippen molar-refractivity contribution < 1.29 is 8.42 Å². The molecule has 4 aromatic rings. The van der Waals surface area contributed by atoms with E-state index >= 15 is 0 Å². The lowest BCUT2D eigenvalue weighted by atomic mass is 9.99. The zero-order valence-corrected chi connectivity index (χ0v) is 21.1. The predicted molar refractivity (Wildman–Crippen MR) is 140 cm³/mol. The summed E-state index contributed by atoms with van der Waals surface area (Å²) in [7, 11) is -1.94. The Balaban J connectivity index is 1.66. The van der Waals surface area contributed by atoms with Gasteiger partial charge in [0, 0.05) is 30.5 Å². The lowest BCUT2D eigenvalue weighted by Gasteiger charge is -2.19. The molecule has 0 aliphatic carbocycles. The van der Waals surface area contributed by atoms with Gasteiger partial charge in [-0.15, -0.1) is 0 Å².